The van der Waals surface area contributed by atoms with Crippen LogP contribution in [0.1, 0.15) is 40.2 Å². The van der Waals surface area contributed by atoms with E-state index >= 15 is 0 Å². The lowest BCUT2D eigenvalue weighted by Gasteiger charge is -2.30. The molecule has 1 N–H and O–H groups in total. The van der Waals surface area contributed by atoms with Gasteiger partial charge in [-0.25, -0.2) is 4.39 Å². The van der Waals surface area contributed by atoms with Gasteiger partial charge in [0.15, 0.2) is 5.78 Å². The molecule has 1 fully saturated rings. The third kappa shape index (κ3) is 5.25. The van der Waals surface area contributed by atoms with Crippen molar-refractivity contribution in [3.63, 3.8) is 0 Å². The predicted molar refractivity (Wildman–Crippen MR) is 116 cm³/mol. The van der Waals surface area contributed by atoms with Crippen molar-refractivity contribution in [2.24, 2.45) is 5.92 Å². The topological polar surface area (TPSA) is 54.3 Å². The van der Waals surface area contributed by atoms with E-state index < -0.39 is 0 Å². The van der Waals surface area contributed by atoms with Crippen LogP contribution < -0.4 is 5.32 Å². The average molecular weight is 412 g/mol. The highest BCUT2D eigenvalue weighted by Crippen LogP contribution is 2.20. The molecule has 6 heteroatoms. The molecule has 0 unspecified atom stereocenters. The highest BCUT2D eigenvalue weighted by Gasteiger charge is 2.26. The summed E-state index contributed by atoms with van der Waals surface area (Å²) in [6, 6.07) is 8.10. The van der Waals surface area contributed by atoms with Gasteiger partial charge in [0, 0.05) is 36.0 Å². The lowest BCUT2D eigenvalue weighted by atomic mass is 9.95. The van der Waals surface area contributed by atoms with Gasteiger partial charge in [0.2, 0.25) is 5.91 Å². The first-order valence-corrected chi connectivity index (χ1v) is 10.4. The molecule has 5 nitrogen and oxygen atoms in total. The van der Waals surface area contributed by atoms with Gasteiger partial charge in [0.1, 0.15) is 5.82 Å². The van der Waals surface area contributed by atoms with E-state index in [0.717, 1.165) is 48.4 Å². The Bertz CT molecular complexity index is 909. The second-order valence-electron chi connectivity index (χ2n) is 8.00. The first-order chi connectivity index (χ1) is 14.4. The van der Waals surface area contributed by atoms with E-state index in [1.54, 1.807) is 12.1 Å². The number of amides is 1. The normalized spacial score (nSPS) is 15.2. The van der Waals surface area contributed by atoms with E-state index in [1.807, 2.05) is 26.0 Å². The summed E-state index contributed by atoms with van der Waals surface area (Å²) in [6.45, 7) is 10.7. The maximum Gasteiger partial charge on any atom is 0.223 e. The van der Waals surface area contributed by atoms with Gasteiger partial charge in [-0.1, -0.05) is 18.2 Å². The molecule has 0 bridgehead atoms. The number of carbonyl (C=O) groups is 2. The average Bonchev–Trinajstić information content (AvgIpc) is 3.02. The third-order valence-corrected chi connectivity index (χ3v) is 5.89. The van der Waals surface area contributed by atoms with Crippen molar-refractivity contribution >= 4 is 11.7 Å². The van der Waals surface area contributed by atoms with E-state index in [4.69, 9.17) is 0 Å². The second-order valence-corrected chi connectivity index (χ2v) is 8.00. The van der Waals surface area contributed by atoms with E-state index in [2.05, 4.69) is 21.4 Å². The number of aryl methyl sites for hydroxylation is 1. The molecule has 0 spiro atoms. The van der Waals surface area contributed by atoms with Crippen molar-refractivity contribution in [2.45, 2.75) is 39.8 Å². The number of carbonyl (C=O) groups excluding carboxylic acids is 2. The summed E-state index contributed by atoms with van der Waals surface area (Å²) < 4.78 is 15.1. The number of benzene rings is 1. The molecule has 30 heavy (non-hydrogen) atoms. The summed E-state index contributed by atoms with van der Waals surface area (Å²) in [4.78, 5) is 27.4. The van der Waals surface area contributed by atoms with Gasteiger partial charge in [0.25, 0.3) is 0 Å². The van der Waals surface area contributed by atoms with Crippen LogP contribution in [0, 0.1) is 25.6 Å². The molecule has 1 aromatic carbocycles. The molecule has 160 valence electrons. The van der Waals surface area contributed by atoms with Crippen molar-refractivity contribution < 1.29 is 14.0 Å². The largest absolute Gasteiger partial charge is 0.352 e. The molecule has 3 rings (SSSR count). The van der Waals surface area contributed by atoms with Gasteiger partial charge in [-0.2, -0.15) is 0 Å². The number of nitrogens with one attached hydrogen (secondary N) is 1. The number of halogens is 1. The zero-order valence-electron chi connectivity index (χ0n) is 17.8. The Hall–Kier alpha value is -2.73. The zero-order valence-corrected chi connectivity index (χ0v) is 17.8. The SMILES string of the molecule is C=CCn1c(C)cc(C(=O)CN2CCC(C(=O)NCc3ccc(F)cc3)CC2)c1C. The Morgan fingerprint density at radius 1 is 1.20 bits per heavy atom. The van der Waals surface area contributed by atoms with Crippen molar-refractivity contribution in [1.82, 2.24) is 14.8 Å². The fraction of sp³-hybridized carbons (Fsp3) is 0.417. The van der Waals surface area contributed by atoms with Crippen molar-refractivity contribution in [3.05, 3.63) is 71.3 Å². The van der Waals surface area contributed by atoms with Crippen LogP contribution in [0.5, 0.6) is 0 Å². The van der Waals surface area contributed by atoms with Crippen molar-refractivity contribution in [1.29, 1.82) is 0 Å². The summed E-state index contributed by atoms with van der Waals surface area (Å²) >= 11 is 0. The number of ketones is 1. The maximum absolute atomic E-state index is 13.0. The monoisotopic (exact) mass is 411 g/mol. The zero-order chi connectivity index (χ0) is 21.7. The highest BCUT2D eigenvalue weighted by atomic mass is 19.1. The van der Waals surface area contributed by atoms with Crippen molar-refractivity contribution in [2.75, 3.05) is 19.6 Å². The minimum atomic E-state index is -0.283. The van der Waals surface area contributed by atoms with Gasteiger partial charge >= 0.3 is 0 Å². The lowest BCUT2D eigenvalue weighted by molar-refractivity contribution is -0.126. The van der Waals surface area contributed by atoms with Crippen LogP contribution in [0.3, 0.4) is 0 Å². The first-order valence-electron chi connectivity index (χ1n) is 10.4. The summed E-state index contributed by atoms with van der Waals surface area (Å²) in [6.07, 6.45) is 3.30. The van der Waals surface area contributed by atoms with Crippen LogP contribution in [0.4, 0.5) is 4.39 Å². The summed E-state index contributed by atoms with van der Waals surface area (Å²) in [5.41, 5.74) is 3.69. The molecule has 1 aromatic heterocycles. The smallest absolute Gasteiger partial charge is 0.223 e. The van der Waals surface area contributed by atoms with Crippen LogP contribution in [-0.4, -0.2) is 40.8 Å². The number of hydrogen-bond donors (Lipinski definition) is 1. The van der Waals surface area contributed by atoms with Crippen LogP contribution in [-0.2, 0) is 17.9 Å². The number of rotatable bonds is 8. The molecule has 2 aromatic rings. The highest BCUT2D eigenvalue weighted by molar-refractivity contribution is 5.99. The van der Waals surface area contributed by atoms with Crippen LogP contribution in [0.15, 0.2) is 43.0 Å². The van der Waals surface area contributed by atoms with Gasteiger partial charge in [-0.15, -0.1) is 6.58 Å². The molecular formula is C24H30FN3O2. The predicted octanol–water partition coefficient (Wildman–Crippen LogP) is 3.64. The van der Waals surface area contributed by atoms with Gasteiger partial charge in [-0.3, -0.25) is 14.5 Å². The Kier molecular flexibility index (Phi) is 7.21. The van der Waals surface area contributed by atoms with Crippen LogP contribution >= 0.6 is 0 Å². The number of piperidine rings is 1. The number of likely N-dealkylation sites (tertiary alicyclic amines) is 1. The Morgan fingerprint density at radius 2 is 1.87 bits per heavy atom. The van der Waals surface area contributed by atoms with E-state index in [1.165, 1.54) is 12.1 Å². The minimum Gasteiger partial charge on any atom is -0.352 e. The second kappa shape index (κ2) is 9.85. The molecule has 1 aliphatic rings. The molecule has 0 atom stereocenters. The molecule has 2 heterocycles. The van der Waals surface area contributed by atoms with Crippen molar-refractivity contribution in [3.8, 4) is 0 Å². The Labute approximate surface area is 177 Å². The van der Waals surface area contributed by atoms with Gasteiger partial charge < -0.3 is 9.88 Å². The maximum atomic E-state index is 13.0. The van der Waals surface area contributed by atoms with Crippen LogP contribution in [0.2, 0.25) is 0 Å². The molecule has 1 saturated heterocycles. The third-order valence-electron chi connectivity index (χ3n) is 5.89. The van der Waals surface area contributed by atoms with Crippen LogP contribution in [0.25, 0.3) is 0 Å². The number of hydrogen-bond acceptors (Lipinski definition) is 3. The standard InChI is InChI=1S/C24H30FN3O2/c1-4-11-28-17(2)14-22(18(28)3)23(29)16-27-12-9-20(10-13-27)24(30)26-15-19-5-7-21(25)8-6-19/h4-8,14,20H,1,9-13,15-16H2,2-3H3,(H,26,30). The fourth-order valence-corrected chi connectivity index (χ4v) is 4.07. The molecule has 0 saturated carbocycles. The first kappa shape index (κ1) is 22.0. The molecule has 0 radical (unpaired) electrons. The summed E-state index contributed by atoms with van der Waals surface area (Å²) in [7, 11) is 0. The number of Topliss-reactive ketones (excluding diaryl/α,β-unsaturated/α-hetero) is 1. The molecule has 1 aliphatic heterocycles. The fourth-order valence-electron chi connectivity index (χ4n) is 4.07. The molecule has 1 amide bonds. The number of allylic oxidation sites excluding steroid dienone is 1. The summed E-state index contributed by atoms with van der Waals surface area (Å²) in [5.74, 6) is -0.181. The Balaban J connectivity index is 1.47. The molecule has 0 aliphatic carbocycles. The minimum absolute atomic E-state index is 0.0262. The van der Waals surface area contributed by atoms with Gasteiger partial charge in [-0.05, 0) is 63.5 Å². The quantitative estimate of drug-likeness (QED) is 0.533. The Morgan fingerprint density at radius 3 is 2.50 bits per heavy atom. The number of aromatic nitrogens is 1. The lowest BCUT2D eigenvalue weighted by Crippen LogP contribution is -2.42. The van der Waals surface area contributed by atoms with Gasteiger partial charge in [0.05, 0.1) is 6.54 Å². The summed E-state index contributed by atoms with van der Waals surface area (Å²) in [5, 5.41) is 2.94. The number of nitrogens with zero attached hydrogens (tertiary/aromatic N) is 2. The van der Waals surface area contributed by atoms with E-state index in [9.17, 15) is 14.0 Å². The molecular weight excluding hydrogens is 381 g/mol. The van der Waals surface area contributed by atoms with E-state index in [0.29, 0.717) is 19.6 Å². The van der Waals surface area contributed by atoms with E-state index in [-0.39, 0.29) is 23.4 Å².